The molecule has 0 saturated carbocycles. The molecule has 0 aromatic heterocycles. The maximum absolute atomic E-state index is 10.6. The number of carbonyl (C=O) groups is 1. The molecule has 1 rings (SSSR count). The normalized spacial score (nSPS) is 24.9. The Hall–Kier alpha value is -0.610. The van der Waals surface area contributed by atoms with E-state index >= 15 is 0 Å². The van der Waals surface area contributed by atoms with Gasteiger partial charge < -0.3 is 16.0 Å². The van der Waals surface area contributed by atoms with Crippen LogP contribution in [-0.4, -0.2) is 43.0 Å². The second kappa shape index (κ2) is 5.32. The highest BCUT2D eigenvalue weighted by atomic mass is 16.1. The molecule has 0 aliphatic carbocycles. The van der Waals surface area contributed by atoms with Crippen molar-refractivity contribution in [3.8, 4) is 0 Å². The first-order valence-electron chi connectivity index (χ1n) is 5.32. The summed E-state index contributed by atoms with van der Waals surface area (Å²) in [6.45, 7) is 7.52. The van der Waals surface area contributed by atoms with Crippen molar-refractivity contribution in [1.82, 2.24) is 10.2 Å². The molecule has 4 nitrogen and oxygen atoms in total. The molecule has 1 amide bonds. The molecular formula is C10H21N3O. The van der Waals surface area contributed by atoms with Gasteiger partial charge in [0.25, 0.3) is 0 Å². The van der Waals surface area contributed by atoms with Crippen LogP contribution in [0.3, 0.4) is 0 Å². The number of rotatable bonds is 4. The van der Waals surface area contributed by atoms with Gasteiger partial charge >= 0.3 is 0 Å². The fourth-order valence-corrected chi connectivity index (χ4v) is 1.88. The van der Waals surface area contributed by atoms with Crippen molar-refractivity contribution in [2.24, 2.45) is 11.7 Å². The van der Waals surface area contributed by atoms with Crippen LogP contribution in [-0.2, 0) is 4.79 Å². The molecule has 1 aliphatic rings. The summed E-state index contributed by atoms with van der Waals surface area (Å²) in [5, 5.41) is 2.80. The number of nitrogens with one attached hydrogen (secondary N) is 1. The maximum Gasteiger partial charge on any atom is 0.216 e. The number of nitrogens with two attached hydrogens (primary N) is 1. The quantitative estimate of drug-likeness (QED) is 0.659. The highest BCUT2D eigenvalue weighted by Gasteiger charge is 2.24. The van der Waals surface area contributed by atoms with Gasteiger partial charge in [0.1, 0.15) is 0 Å². The fraction of sp³-hybridized carbons (Fsp3) is 0.900. The Morgan fingerprint density at radius 1 is 1.71 bits per heavy atom. The second-order valence-corrected chi connectivity index (χ2v) is 4.19. The zero-order valence-electron chi connectivity index (χ0n) is 9.12. The van der Waals surface area contributed by atoms with Gasteiger partial charge in [-0.1, -0.05) is 0 Å². The van der Waals surface area contributed by atoms with Gasteiger partial charge in [-0.3, -0.25) is 4.79 Å². The Morgan fingerprint density at radius 2 is 2.43 bits per heavy atom. The number of likely N-dealkylation sites (tertiary alicyclic amines) is 1. The second-order valence-electron chi connectivity index (χ2n) is 4.19. The summed E-state index contributed by atoms with van der Waals surface area (Å²) in [5.41, 5.74) is 5.84. The van der Waals surface area contributed by atoms with E-state index in [1.807, 2.05) is 0 Å². The van der Waals surface area contributed by atoms with Gasteiger partial charge in [0.05, 0.1) is 0 Å². The molecule has 1 saturated heterocycles. The average molecular weight is 199 g/mol. The van der Waals surface area contributed by atoms with Gasteiger partial charge in [0.15, 0.2) is 0 Å². The van der Waals surface area contributed by atoms with Crippen LogP contribution < -0.4 is 11.1 Å². The highest BCUT2D eigenvalue weighted by molar-refractivity contribution is 5.72. The minimum absolute atomic E-state index is 0.0490. The molecule has 0 spiro atoms. The van der Waals surface area contributed by atoms with E-state index in [-0.39, 0.29) is 5.91 Å². The van der Waals surface area contributed by atoms with Crippen LogP contribution in [0, 0.1) is 5.92 Å². The first-order valence-corrected chi connectivity index (χ1v) is 5.32. The van der Waals surface area contributed by atoms with Gasteiger partial charge in [-0.05, 0) is 25.8 Å². The van der Waals surface area contributed by atoms with Crippen molar-refractivity contribution in [3.63, 3.8) is 0 Å². The van der Waals surface area contributed by atoms with Crippen molar-refractivity contribution >= 4 is 5.91 Å². The number of carbonyl (C=O) groups excluding carboxylic acids is 1. The molecule has 14 heavy (non-hydrogen) atoms. The third-order valence-corrected chi connectivity index (χ3v) is 2.85. The molecule has 82 valence electrons. The van der Waals surface area contributed by atoms with Gasteiger partial charge in [-0.15, -0.1) is 0 Å². The van der Waals surface area contributed by atoms with E-state index < -0.39 is 0 Å². The standard InChI is InChI=1S/C10H21N3O/c1-8(11)10-3-5-13(7-10)6-4-12-9(2)14/h8,10H,3-7,11H2,1-2H3,(H,12,14). The summed E-state index contributed by atoms with van der Waals surface area (Å²) >= 11 is 0. The number of hydrogen-bond donors (Lipinski definition) is 2. The van der Waals surface area contributed by atoms with E-state index in [1.165, 1.54) is 6.42 Å². The number of amides is 1. The van der Waals surface area contributed by atoms with Gasteiger partial charge in [0, 0.05) is 32.6 Å². The lowest BCUT2D eigenvalue weighted by Gasteiger charge is -2.17. The minimum Gasteiger partial charge on any atom is -0.355 e. The maximum atomic E-state index is 10.6. The van der Waals surface area contributed by atoms with Crippen LogP contribution in [0.2, 0.25) is 0 Å². The summed E-state index contributed by atoms with van der Waals surface area (Å²) in [7, 11) is 0. The summed E-state index contributed by atoms with van der Waals surface area (Å²) in [5.74, 6) is 0.681. The van der Waals surface area contributed by atoms with Gasteiger partial charge in [-0.2, -0.15) is 0 Å². The van der Waals surface area contributed by atoms with Crippen molar-refractivity contribution in [2.75, 3.05) is 26.2 Å². The molecule has 1 fully saturated rings. The Kier molecular flexibility index (Phi) is 4.35. The summed E-state index contributed by atoms with van der Waals surface area (Å²) in [6, 6.07) is 0.292. The molecular weight excluding hydrogens is 178 g/mol. The van der Waals surface area contributed by atoms with Crippen LogP contribution in [0.25, 0.3) is 0 Å². The largest absolute Gasteiger partial charge is 0.355 e. The van der Waals surface area contributed by atoms with Crippen molar-refractivity contribution < 1.29 is 4.79 Å². The Bertz CT molecular complexity index is 194. The molecule has 4 heteroatoms. The summed E-state index contributed by atoms with van der Waals surface area (Å²) in [6.07, 6.45) is 1.19. The molecule has 2 atom stereocenters. The third kappa shape index (κ3) is 3.64. The van der Waals surface area contributed by atoms with Crippen LogP contribution in [0.15, 0.2) is 0 Å². The lowest BCUT2D eigenvalue weighted by molar-refractivity contribution is -0.119. The molecule has 0 radical (unpaired) electrons. The van der Waals surface area contributed by atoms with Crippen LogP contribution in [0.4, 0.5) is 0 Å². The Labute approximate surface area is 85.8 Å². The zero-order valence-corrected chi connectivity index (χ0v) is 9.12. The van der Waals surface area contributed by atoms with E-state index in [9.17, 15) is 4.79 Å². The van der Waals surface area contributed by atoms with Crippen LogP contribution in [0.5, 0.6) is 0 Å². The Morgan fingerprint density at radius 3 is 2.93 bits per heavy atom. The smallest absolute Gasteiger partial charge is 0.216 e. The molecule has 1 aliphatic heterocycles. The van der Waals surface area contributed by atoms with E-state index in [0.29, 0.717) is 12.0 Å². The Balaban J connectivity index is 2.13. The summed E-state index contributed by atoms with van der Waals surface area (Å²) < 4.78 is 0. The van der Waals surface area contributed by atoms with E-state index in [4.69, 9.17) is 5.73 Å². The van der Waals surface area contributed by atoms with Gasteiger partial charge in [0.2, 0.25) is 5.91 Å². The number of nitrogens with zero attached hydrogens (tertiary/aromatic N) is 1. The molecule has 3 N–H and O–H groups in total. The van der Waals surface area contributed by atoms with Crippen molar-refractivity contribution in [1.29, 1.82) is 0 Å². The lowest BCUT2D eigenvalue weighted by Crippen LogP contribution is -2.34. The third-order valence-electron chi connectivity index (χ3n) is 2.85. The molecule has 0 aromatic carbocycles. The lowest BCUT2D eigenvalue weighted by atomic mass is 10.0. The highest BCUT2D eigenvalue weighted by Crippen LogP contribution is 2.17. The molecule has 0 bridgehead atoms. The van der Waals surface area contributed by atoms with Crippen LogP contribution in [0.1, 0.15) is 20.3 Å². The minimum atomic E-state index is 0.0490. The van der Waals surface area contributed by atoms with E-state index in [2.05, 4.69) is 17.1 Å². The predicted octanol–water partition coefficient (Wildman–Crippen LogP) is -0.208. The first kappa shape index (κ1) is 11.5. The average Bonchev–Trinajstić information content (AvgIpc) is 2.52. The zero-order chi connectivity index (χ0) is 10.6. The molecule has 0 aromatic rings. The topological polar surface area (TPSA) is 58.4 Å². The van der Waals surface area contributed by atoms with Gasteiger partial charge in [-0.25, -0.2) is 0 Å². The van der Waals surface area contributed by atoms with E-state index in [1.54, 1.807) is 6.92 Å². The molecule has 2 unspecified atom stereocenters. The number of hydrogen-bond acceptors (Lipinski definition) is 3. The predicted molar refractivity (Wildman–Crippen MR) is 56.9 cm³/mol. The first-order chi connectivity index (χ1) is 6.59. The fourth-order valence-electron chi connectivity index (χ4n) is 1.88. The van der Waals surface area contributed by atoms with Crippen LogP contribution >= 0.6 is 0 Å². The summed E-state index contributed by atoms with van der Waals surface area (Å²) in [4.78, 5) is 13.0. The van der Waals surface area contributed by atoms with Crippen molar-refractivity contribution in [2.45, 2.75) is 26.3 Å². The SMILES string of the molecule is CC(=O)NCCN1CCC(C(C)N)C1. The van der Waals surface area contributed by atoms with Crippen molar-refractivity contribution in [3.05, 3.63) is 0 Å². The monoisotopic (exact) mass is 199 g/mol. The molecule has 1 heterocycles. The van der Waals surface area contributed by atoms with E-state index in [0.717, 1.165) is 26.2 Å².